The molecule has 0 aliphatic carbocycles. The minimum absolute atomic E-state index is 0.144. The summed E-state index contributed by atoms with van der Waals surface area (Å²) in [4.78, 5) is 24.0. The highest BCUT2D eigenvalue weighted by Crippen LogP contribution is 2.23. The first-order chi connectivity index (χ1) is 14.9. The Morgan fingerprint density at radius 3 is 2.48 bits per heavy atom. The third kappa shape index (κ3) is 6.80. The van der Waals surface area contributed by atoms with E-state index in [2.05, 4.69) is 10.6 Å². The fraction of sp³-hybridized carbons (Fsp3) is 0.364. The zero-order valence-electron chi connectivity index (χ0n) is 17.2. The molecule has 1 aromatic heterocycles. The molecule has 1 saturated heterocycles. The summed E-state index contributed by atoms with van der Waals surface area (Å²) in [7, 11) is -3.46. The summed E-state index contributed by atoms with van der Waals surface area (Å²) in [6.45, 7) is 1.62. The lowest BCUT2D eigenvalue weighted by Crippen LogP contribution is -2.41. The minimum atomic E-state index is -3.46. The van der Waals surface area contributed by atoms with E-state index in [1.54, 1.807) is 48.5 Å². The normalized spacial score (nSPS) is 15.7. The molecule has 1 aliphatic rings. The number of sulfonamides is 1. The van der Waals surface area contributed by atoms with Crippen molar-refractivity contribution in [2.24, 2.45) is 5.92 Å². The highest BCUT2D eigenvalue weighted by Gasteiger charge is 2.29. The van der Waals surface area contributed by atoms with Gasteiger partial charge in [0.05, 0.1) is 11.2 Å². The van der Waals surface area contributed by atoms with Crippen molar-refractivity contribution in [1.29, 1.82) is 0 Å². The summed E-state index contributed by atoms with van der Waals surface area (Å²) in [5.41, 5.74) is 0. The van der Waals surface area contributed by atoms with E-state index in [1.807, 2.05) is 0 Å². The van der Waals surface area contributed by atoms with Crippen LogP contribution in [0.5, 0.6) is 0 Å². The number of benzene rings is 1. The van der Waals surface area contributed by atoms with Gasteiger partial charge in [-0.2, -0.15) is 4.31 Å². The molecule has 0 atom stereocenters. The summed E-state index contributed by atoms with van der Waals surface area (Å²) >= 11 is 0. The lowest BCUT2D eigenvalue weighted by molar-refractivity contribution is -0.121. The molecule has 0 radical (unpaired) electrons. The number of hydrogen-bond acceptors (Lipinski definition) is 5. The molecule has 1 aliphatic heterocycles. The van der Waals surface area contributed by atoms with E-state index < -0.39 is 10.0 Å². The molecule has 8 nitrogen and oxygen atoms in total. The fourth-order valence-electron chi connectivity index (χ4n) is 3.34. The molecule has 31 heavy (non-hydrogen) atoms. The van der Waals surface area contributed by atoms with Gasteiger partial charge in [-0.3, -0.25) is 9.59 Å². The Labute approximate surface area is 182 Å². The number of piperidine rings is 1. The van der Waals surface area contributed by atoms with Crippen LogP contribution in [0, 0.1) is 5.92 Å². The first-order valence-corrected chi connectivity index (χ1v) is 11.7. The number of nitrogens with zero attached hydrogens (tertiary/aromatic N) is 1. The van der Waals surface area contributed by atoms with Crippen molar-refractivity contribution in [2.75, 3.05) is 26.2 Å². The zero-order chi connectivity index (χ0) is 22.1. The summed E-state index contributed by atoms with van der Waals surface area (Å²) in [5.74, 6) is 0.373. The van der Waals surface area contributed by atoms with E-state index in [9.17, 15) is 18.0 Å². The minimum Gasteiger partial charge on any atom is -0.465 e. The van der Waals surface area contributed by atoms with Crippen LogP contribution in [0.4, 0.5) is 0 Å². The van der Waals surface area contributed by atoms with E-state index in [4.69, 9.17) is 4.42 Å². The predicted octanol–water partition coefficient (Wildman–Crippen LogP) is 2.02. The van der Waals surface area contributed by atoms with Crippen molar-refractivity contribution in [3.8, 4) is 0 Å². The number of amides is 2. The van der Waals surface area contributed by atoms with Crippen LogP contribution >= 0.6 is 0 Å². The number of carbonyl (C=O) groups excluding carboxylic acids is 2. The molecule has 0 spiro atoms. The molecule has 1 fully saturated rings. The molecular weight excluding hydrogens is 418 g/mol. The first-order valence-electron chi connectivity index (χ1n) is 10.3. The number of furan rings is 1. The third-order valence-electron chi connectivity index (χ3n) is 5.14. The van der Waals surface area contributed by atoms with Gasteiger partial charge < -0.3 is 15.1 Å². The molecule has 0 unspecified atom stereocenters. The van der Waals surface area contributed by atoms with Gasteiger partial charge in [-0.05, 0) is 49.1 Å². The van der Waals surface area contributed by atoms with Crippen molar-refractivity contribution in [3.05, 3.63) is 60.6 Å². The molecule has 9 heteroatoms. The number of hydrogen-bond donors (Lipinski definition) is 2. The van der Waals surface area contributed by atoms with Crippen molar-refractivity contribution in [2.45, 2.75) is 24.2 Å². The third-order valence-corrected chi connectivity index (χ3v) is 7.05. The molecule has 0 bridgehead atoms. The van der Waals surface area contributed by atoms with Crippen LogP contribution in [-0.2, 0) is 19.6 Å². The molecule has 2 aromatic rings. The van der Waals surface area contributed by atoms with Crippen LogP contribution in [0.25, 0.3) is 6.08 Å². The second-order valence-electron chi connectivity index (χ2n) is 7.35. The van der Waals surface area contributed by atoms with Gasteiger partial charge in [0.15, 0.2) is 0 Å². The summed E-state index contributed by atoms with van der Waals surface area (Å²) in [5, 5.41) is 5.52. The Hall–Kier alpha value is -2.91. The van der Waals surface area contributed by atoms with E-state index in [0.717, 1.165) is 0 Å². The summed E-state index contributed by atoms with van der Waals surface area (Å²) < 4.78 is 31.9. The van der Waals surface area contributed by atoms with Crippen molar-refractivity contribution in [3.63, 3.8) is 0 Å². The van der Waals surface area contributed by atoms with E-state index in [0.29, 0.717) is 43.1 Å². The summed E-state index contributed by atoms with van der Waals surface area (Å²) in [6.07, 6.45) is 6.00. The molecule has 3 rings (SSSR count). The fourth-order valence-corrected chi connectivity index (χ4v) is 4.83. The Morgan fingerprint density at radius 1 is 1.06 bits per heavy atom. The Balaban J connectivity index is 1.32. The maximum absolute atomic E-state index is 12.7. The lowest BCUT2D eigenvalue weighted by Gasteiger charge is -2.31. The van der Waals surface area contributed by atoms with Crippen molar-refractivity contribution >= 4 is 27.9 Å². The van der Waals surface area contributed by atoms with Gasteiger partial charge in [0.2, 0.25) is 21.8 Å². The predicted molar refractivity (Wildman–Crippen MR) is 116 cm³/mol. The highest BCUT2D eigenvalue weighted by molar-refractivity contribution is 7.89. The first kappa shape index (κ1) is 22.8. The zero-order valence-corrected chi connectivity index (χ0v) is 18.0. The van der Waals surface area contributed by atoms with Gasteiger partial charge >= 0.3 is 0 Å². The molecular formula is C22H27N3O5S. The molecule has 2 N–H and O–H groups in total. The van der Waals surface area contributed by atoms with Crippen LogP contribution in [0.3, 0.4) is 0 Å². The SMILES string of the molecule is O=C(/C=C/c1ccco1)NCCC(=O)NCC1CCN(S(=O)(=O)c2ccccc2)CC1. The van der Waals surface area contributed by atoms with Crippen LogP contribution in [0.1, 0.15) is 25.0 Å². The Bertz CT molecular complexity index is 979. The van der Waals surface area contributed by atoms with Gasteiger partial charge in [-0.1, -0.05) is 18.2 Å². The Kier molecular flexibility index (Phi) is 8.02. The molecule has 1 aromatic carbocycles. The van der Waals surface area contributed by atoms with Crippen LogP contribution in [0.2, 0.25) is 0 Å². The lowest BCUT2D eigenvalue weighted by atomic mass is 9.98. The van der Waals surface area contributed by atoms with E-state index in [-0.39, 0.29) is 30.7 Å². The van der Waals surface area contributed by atoms with Crippen molar-refractivity contribution in [1.82, 2.24) is 14.9 Å². The largest absolute Gasteiger partial charge is 0.465 e. The van der Waals surface area contributed by atoms with Gasteiger partial charge in [0, 0.05) is 38.7 Å². The summed E-state index contributed by atoms with van der Waals surface area (Å²) in [6, 6.07) is 11.9. The van der Waals surface area contributed by atoms with E-state index in [1.165, 1.54) is 16.6 Å². The van der Waals surface area contributed by atoms with Gasteiger partial charge in [0.25, 0.3) is 0 Å². The highest BCUT2D eigenvalue weighted by atomic mass is 32.2. The molecule has 166 valence electrons. The van der Waals surface area contributed by atoms with Crippen LogP contribution in [-0.4, -0.2) is 50.7 Å². The smallest absolute Gasteiger partial charge is 0.244 e. The van der Waals surface area contributed by atoms with Crippen molar-refractivity contribution < 1.29 is 22.4 Å². The average Bonchev–Trinajstić information content (AvgIpc) is 3.31. The topological polar surface area (TPSA) is 109 Å². The van der Waals surface area contributed by atoms with Gasteiger partial charge in [-0.15, -0.1) is 0 Å². The standard InChI is InChI=1S/C22H27N3O5S/c26-21(9-8-19-5-4-16-30-19)23-13-10-22(27)24-17-18-11-14-25(15-12-18)31(28,29)20-6-2-1-3-7-20/h1-9,16,18H,10-15,17H2,(H,23,26)(H,24,27)/b9-8+. The average molecular weight is 446 g/mol. The Morgan fingerprint density at radius 2 is 1.81 bits per heavy atom. The number of nitrogens with one attached hydrogen (secondary N) is 2. The van der Waals surface area contributed by atoms with E-state index >= 15 is 0 Å². The second kappa shape index (κ2) is 10.9. The monoisotopic (exact) mass is 445 g/mol. The van der Waals surface area contributed by atoms with Gasteiger partial charge in [0.1, 0.15) is 5.76 Å². The maximum atomic E-state index is 12.7. The van der Waals surface area contributed by atoms with Gasteiger partial charge in [-0.25, -0.2) is 8.42 Å². The molecule has 2 amide bonds. The van der Waals surface area contributed by atoms with Crippen LogP contribution < -0.4 is 10.6 Å². The number of carbonyl (C=O) groups is 2. The number of rotatable bonds is 9. The quantitative estimate of drug-likeness (QED) is 0.574. The molecule has 2 heterocycles. The van der Waals surface area contributed by atoms with Crippen LogP contribution in [0.15, 0.2) is 64.1 Å². The second-order valence-corrected chi connectivity index (χ2v) is 9.29. The maximum Gasteiger partial charge on any atom is 0.244 e. The molecule has 0 saturated carbocycles.